The van der Waals surface area contributed by atoms with Crippen molar-refractivity contribution in [2.45, 2.75) is 70.1 Å². The van der Waals surface area contributed by atoms with Gasteiger partial charge in [-0.2, -0.15) is 4.98 Å². The van der Waals surface area contributed by atoms with Gasteiger partial charge in [-0.1, -0.05) is 18.5 Å². The lowest BCUT2D eigenvalue weighted by molar-refractivity contribution is -0.122. The largest absolute Gasteiger partial charge is 0.393 e. The number of carbonyl (C=O) groups is 1. The average molecular weight is 534 g/mol. The van der Waals surface area contributed by atoms with E-state index in [1.807, 2.05) is 11.5 Å². The van der Waals surface area contributed by atoms with E-state index in [4.69, 9.17) is 22.3 Å². The molecule has 2 heterocycles. The van der Waals surface area contributed by atoms with E-state index in [0.29, 0.717) is 49.2 Å². The van der Waals surface area contributed by atoms with E-state index in [0.717, 1.165) is 12.8 Å². The van der Waals surface area contributed by atoms with Crippen molar-refractivity contribution in [3.63, 3.8) is 0 Å². The molecule has 2 aliphatic carbocycles. The smallest absolute Gasteiger partial charge is 0.224 e. The van der Waals surface area contributed by atoms with Crippen LogP contribution in [0.3, 0.4) is 0 Å². The molecule has 2 aromatic heterocycles. The van der Waals surface area contributed by atoms with Gasteiger partial charge in [0.2, 0.25) is 17.8 Å². The monoisotopic (exact) mass is 533 g/mol. The number of rotatable bonds is 6. The van der Waals surface area contributed by atoms with Crippen LogP contribution in [0.4, 0.5) is 26.4 Å². The van der Waals surface area contributed by atoms with Gasteiger partial charge in [-0.05, 0) is 63.0 Å². The predicted molar refractivity (Wildman–Crippen MR) is 137 cm³/mol. The molecule has 5 N–H and O–H groups in total. The summed E-state index contributed by atoms with van der Waals surface area (Å²) >= 11 is 5.72. The number of nitrogens with zero attached hydrogens (tertiary/aromatic N) is 4. The quantitative estimate of drug-likeness (QED) is 0.338. The molecule has 5 rings (SSSR count). The highest BCUT2D eigenvalue weighted by molar-refractivity contribution is 6.30. The van der Waals surface area contributed by atoms with Crippen LogP contribution in [0.25, 0.3) is 11.2 Å². The number of nitrogens with two attached hydrogens (primary N) is 1. The van der Waals surface area contributed by atoms with Gasteiger partial charge in [-0.25, -0.2) is 18.7 Å². The molecule has 198 valence electrons. The molecule has 2 aliphatic rings. The molecule has 0 bridgehead atoms. The number of halogens is 3. The molecule has 0 aliphatic heterocycles. The van der Waals surface area contributed by atoms with Gasteiger partial charge in [-0.3, -0.25) is 9.36 Å². The van der Waals surface area contributed by atoms with Gasteiger partial charge in [0.25, 0.3) is 0 Å². The summed E-state index contributed by atoms with van der Waals surface area (Å²) in [5.41, 5.74) is 6.42. The van der Waals surface area contributed by atoms with Crippen LogP contribution in [0.5, 0.6) is 0 Å². The molecule has 0 saturated heterocycles. The number of hydrogen-bond donors (Lipinski definition) is 4. The van der Waals surface area contributed by atoms with Crippen LogP contribution in [0.2, 0.25) is 5.02 Å². The summed E-state index contributed by atoms with van der Waals surface area (Å²) in [5.74, 6) is -1.83. The molecule has 0 radical (unpaired) electrons. The Hall–Kier alpha value is -3.05. The second kappa shape index (κ2) is 10.4. The fourth-order valence-electron chi connectivity index (χ4n) is 5.37. The Morgan fingerprint density at radius 1 is 1.14 bits per heavy atom. The highest BCUT2D eigenvalue weighted by Gasteiger charge is 2.30. The van der Waals surface area contributed by atoms with Crippen molar-refractivity contribution < 1.29 is 18.7 Å². The SMILES string of the molecule is C[C@@H]1CC[C@@H](Nc2ncc3nc(Nc4ccc(Cl)c(F)c4F)n(C4CCC(C(N)=O)CC4)c3n2)C[C@H]1O. The maximum absolute atomic E-state index is 14.6. The lowest BCUT2D eigenvalue weighted by atomic mass is 9.85. The van der Waals surface area contributed by atoms with Crippen LogP contribution >= 0.6 is 11.6 Å². The van der Waals surface area contributed by atoms with Crippen molar-refractivity contribution in [2.75, 3.05) is 10.6 Å². The van der Waals surface area contributed by atoms with Crippen LogP contribution in [0.1, 0.15) is 57.9 Å². The van der Waals surface area contributed by atoms with E-state index in [2.05, 4.69) is 20.6 Å². The van der Waals surface area contributed by atoms with Crippen molar-refractivity contribution in [2.24, 2.45) is 17.6 Å². The molecule has 2 fully saturated rings. The molecular weight excluding hydrogens is 504 g/mol. The Labute approximate surface area is 217 Å². The Morgan fingerprint density at radius 3 is 2.59 bits per heavy atom. The zero-order valence-electron chi connectivity index (χ0n) is 20.4. The summed E-state index contributed by atoms with van der Waals surface area (Å²) in [4.78, 5) is 25.4. The molecule has 37 heavy (non-hydrogen) atoms. The number of benzene rings is 1. The van der Waals surface area contributed by atoms with Crippen molar-refractivity contribution in [3.8, 4) is 0 Å². The van der Waals surface area contributed by atoms with Crippen LogP contribution in [-0.2, 0) is 4.79 Å². The molecule has 0 spiro atoms. The molecule has 12 heteroatoms. The molecule has 3 aromatic rings. The van der Waals surface area contributed by atoms with Gasteiger partial charge >= 0.3 is 0 Å². The van der Waals surface area contributed by atoms with Gasteiger partial charge in [0, 0.05) is 18.0 Å². The standard InChI is InChI=1S/C25H30ClF2N7O2/c1-12-2-5-14(10-19(12)36)31-24-30-11-18-23(34-24)35(15-6-3-13(4-7-15)22(29)37)25(33-18)32-17-9-8-16(26)20(27)21(17)28/h8-9,11-15,19,36H,2-7,10H2,1H3,(H2,29,37)(H,32,33)(H,30,31,34)/t12-,13?,14-,15?,19-/m1/s1. The minimum atomic E-state index is -1.15. The number of aliphatic hydroxyl groups is 1. The van der Waals surface area contributed by atoms with Gasteiger partial charge in [0.1, 0.15) is 5.52 Å². The fourth-order valence-corrected chi connectivity index (χ4v) is 5.51. The van der Waals surface area contributed by atoms with Crippen LogP contribution in [0, 0.1) is 23.5 Å². The molecular formula is C25H30ClF2N7O2. The van der Waals surface area contributed by atoms with Gasteiger partial charge in [-0.15, -0.1) is 0 Å². The third-order valence-electron chi connectivity index (χ3n) is 7.67. The number of hydrogen-bond acceptors (Lipinski definition) is 7. The number of carbonyl (C=O) groups excluding carboxylic acids is 1. The number of aromatic nitrogens is 4. The van der Waals surface area contributed by atoms with E-state index >= 15 is 0 Å². The Kier molecular flexibility index (Phi) is 7.17. The van der Waals surface area contributed by atoms with Crippen molar-refractivity contribution in [3.05, 3.63) is 35.0 Å². The highest BCUT2D eigenvalue weighted by atomic mass is 35.5. The summed E-state index contributed by atoms with van der Waals surface area (Å²) in [6.45, 7) is 2.04. The molecule has 9 nitrogen and oxygen atoms in total. The van der Waals surface area contributed by atoms with Crippen LogP contribution in [-0.4, -0.2) is 42.7 Å². The minimum Gasteiger partial charge on any atom is -0.393 e. The van der Waals surface area contributed by atoms with E-state index < -0.39 is 11.6 Å². The summed E-state index contributed by atoms with van der Waals surface area (Å²) in [7, 11) is 0. The summed E-state index contributed by atoms with van der Waals surface area (Å²) in [6.07, 6.45) is 6.11. The van der Waals surface area contributed by atoms with Gasteiger partial charge in [0.15, 0.2) is 17.3 Å². The predicted octanol–water partition coefficient (Wildman–Crippen LogP) is 4.68. The number of fused-ring (bicyclic) bond motifs is 1. The van der Waals surface area contributed by atoms with Crippen LogP contribution in [0.15, 0.2) is 18.3 Å². The maximum atomic E-state index is 14.6. The second-order valence-corrected chi connectivity index (χ2v) is 10.6. The number of amides is 1. The van der Waals surface area contributed by atoms with Crippen molar-refractivity contribution in [1.29, 1.82) is 0 Å². The summed E-state index contributed by atoms with van der Waals surface area (Å²) in [5, 5.41) is 16.2. The summed E-state index contributed by atoms with van der Waals surface area (Å²) in [6, 6.07) is 2.56. The maximum Gasteiger partial charge on any atom is 0.224 e. The Morgan fingerprint density at radius 2 is 1.89 bits per heavy atom. The molecule has 3 atom stereocenters. The lowest BCUT2D eigenvalue weighted by Crippen LogP contribution is -2.35. The fraction of sp³-hybridized carbons (Fsp3) is 0.520. The number of primary amides is 1. The zero-order chi connectivity index (χ0) is 26.3. The first-order valence-electron chi connectivity index (χ1n) is 12.6. The van der Waals surface area contributed by atoms with E-state index in [9.17, 15) is 18.7 Å². The minimum absolute atomic E-state index is 0.0368. The van der Waals surface area contributed by atoms with Gasteiger partial charge < -0.3 is 21.5 Å². The average Bonchev–Trinajstić information content (AvgIpc) is 3.24. The van der Waals surface area contributed by atoms with Crippen molar-refractivity contribution >= 4 is 46.3 Å². The molecule has 1 aromatic carbocycles. The first-order valence-corrected chi connectivity index (χ1v) is 13.0. The van der Waals surface area contributed by atoms with Crippen molar-refractivity contribution in [1.82, 2.24) is 19.5 Å². The number of aliphatic hydroxyl groups excluding tert-OH is 1. The number of imidazole rings is 1. The lowest BCUT2D eigenvalue weighted by Gasteiger charge is -2.31. The number of nitrogens with one attached hydrogen (secondary N) is 2. The van der Waals surface area contributed by atoms with Crippen LogP contribution < -0.4 is 16.4 Å². The zero-order valence-corrected chi connectivity index (χ0v) is 21.2. The second-order valence-electron chi connectivity index (χ2n) is 10.2. The first-order chi connectivity index (χ1) is 17.7. The highest BCUT2D eigenvalue weighted by Crippen LogP contribution is 2.38. The number of anilines is 3. The summed E-state index contributed by atoms with van der Waals surface area (Å²) < 4.78 is 30.6. The van der Waals surface area contributed by atoms with E-state index in [1.54, 1.807) is 6.20 Å². The Bertz CT molecular complexity index is 1310. The van der Waals surface area contributed by atoms with E-state index in [1.165, 1.54) is 12.1 Å². The topological polar surface area (TPSA) is 131 Å². The van der Waals surface area contributed by atoms with Gasteiger partial charge in [0.05, 0.1) is 23.0 Å². The normalized spacial score (nSPS) is 26.2. The Balaban J connectivity index is 1.49. The molecule has 0 unspecified atom stereocenters. The molecule has 2 saturated carbocycles. The third kappa shape index (κ3) is 5.19. The third-order valence-corrected chi connectivity index (χ3v) is 7.96. The first kappa shape index (κ1) is 25.6. The van der Waals surface area contributed by atoms with E-state index in [-0.39, 0.29) is 52.6 Å². The molecule has 1 amide bonds.